The number of carbonyl (C=O) groups excluding carboxylic acids is 1. The average Bonchev–Trinajstić information content (AvgIpc) is 2.27. The Morgan fingerprint density at radius 3 is 2.78 bits per heavy atom. The van der Waals surface area contributed by atoms with Gasteiger partial charge in [0, 0.05) is 13.2 Å². The highest BCUT2D eigenvalue weighted by atomic mass is 16.5. The van der Waals surface area contributed by atoms with Crippen molar-refractivity contribution in [3.63, 3.8) is 0 Å². The Kier molecular flexibility index (Phi) is 3.43. The normalized spacial score (nSPS) is 16.9. The minimum absolute atomic E-state index is 0.0813. The Morgan fingerprint density at radius 2 is 2.28 bits per heavy atom. The summed E-state index contributed by atoms with van der Waals surface area (Å²) in [6.45, 7) is 0. The summed E-state index contributed by atoms with van der Waals surface area (Å²) in [5.74, 6) is -0.0354. The second kappa shape index (κ2) is 4.86. The zero-order chi connectivity index (χ0) is 13.2. The molecule has 1 aromatic rings. The van der Waals surface area contributed by atoms with Crippen LogP contribution < -0.4 is 11.1 Å². The molecule has 1 saturated carbocycles. The molecule has 0 aromatic heterocycles. The lowest BCUT2D eigenvalue weighted by Crippen LogP contribution is -2.42. The van der Waals surface area contributed by atoms with Gasteiger partial charge in [-0.3, -0.25) is 4.79 Å². The summed E-state index contributed by atoms with van der Waals surface area (Å²) in [5, 5.41) is 12.0. The van der Waals surface area contributed by atoms with Gasteiger partial charge in [-0.25, -0.2) is 0 Å². The Balaban J connectivity index is 1.98. The number of hydrogen-bond acceptors (Lipinski definition) is 4. The van der Waals surface area contributed by atoms with E-state index in [2.05, 4.69) is 5.32 Å². The van der Waals surface area contributed by atoms with Crippen LogP contribution >= 0.6 is 0 Å². The number of rotatable bonds is 4. The number of anilines is 2. The summed E-state index contributed by atoms with van der Waals surface area (Å²) in [6.07, 6.45) is 3.27. The van der Waals surface area contributed by atoms with Gasteiger partial charge in [-0.05, 0) is 31.4 Å². The van der Waals surface area contributed by atoms with Gasteiger partial charge in [0.25, 0.3) is 0 Å². The average molecular weight is 250 g/mol. The van der Waals surface area contributed by atoms with E-state index in [0.29, 0.717) is 17.8 Å². The number of nitrogen functional groups attached to an aromatic ring is 1. The van der Waals surface area contributed by atoms with Crippen LogP contribution in [0.15, 0.2) is 18.2 Å². The molecule has 0 unspecified atom stereocenters. The lowest BCUT2D eigenvalue weighted by molar-refractivity contribution is -0.129. The fourth-order valence-electron chi connectivity index (χ4n) is 2.18. The molecular weight excluding hydrogens is 232 g/mol. The van der Waals surface area contributed by atoms with Crippen LogP contribution in [0.5, 0.6) is 5.75 Å². The quantitative estimate of drug-likeness (QED) is 0.562. The highest BCUT2D eigenvalue weighted by Crippen LogP contribution is 2.38. The highest BCUT2D eigenvalue weighted by molar-refractivity contribution is 5.94. The third-order valence-electron chi connectivity index (χ3n) is 3.49. The fourth-order valence-corrected chi connectivity index (χ4v) is 2.18. The van der Waals surface area contributed by atoms with E-state index in [1.54, 1.807) is 13.2 Å². The van der Waals surface area contributed by atoms with Gasteiger partial charge >= 0.3 is 0 Å². The molecule has 0 atom stereocenters. The van der Waals surface area contributed by atoms with Crippen LogP contribution in [0.3, 0.4) is 0 Å². The number of carbonyl (C=O) groups is 1. The topological polar surface area (TPSA) is 84.6 Å². The van der Waals surface area contributed by atoms with Gasteiger partial charge in [0.2, 0.25) is 5.91 Å². The number of phenolic OH excluding ortho intramolecular Hbond substituents is 1. The number of methoxy groups -OCH3 is 1. The summed E-state index contributed by atoms with van der Waals surface area (Å²) < 4.78 is 5.40. The molecule has 98 valence electrons. The molecular formula is C13H18N2O3. The summed E-state index contributed by atoms with van der Waals surface area (Å²) in [5.41, 5.74) is 6.28. The second-order valence-corrected chi connectivity index (χ2v) is 4.74. The van der Waals surface area contributed by atoms with Gasteiger partial charge in [0.15, 0.2) is 0 Å². The number of benzene rings is 1. The van der Waals surface area contributed by atoms with Crippen LogP contribution in [0, 0.1) is 0 Å². The number of ether oxygens (including phenoxy) is 1. The van der Waals surface area contributed by atoms with Crippen molar-refractivity contribution >= 4 is 17.3 Å². The first-order valence-electron chi connectivity index (χ1n) is 5.98. The number of amides is 1. The maximum Gasteiger partial charge on any atom is 0.227 e. The molecule has 1 amide bonds. The van der Waals surface area contributed by atoms with Crippen LogP contribution in [-0.2, 0) is 9.53 Å². The van der Waals surface area contributed by atoms with Crippen molar-refractivity contribution in [3.8, 4) is 5.75 Å². The van der Waals surface area contributed by atoms with E-state index in [1.165, 1.54) is 12.1 Å². The maximum atomic E-state index is 11.9. The molecule has 18 heavy (non-hydrogen) atoms. The number of phenols is 1. The molecule has 5 heteroatoms. The van der Waals surface area contributed by atoms with Crippen LogP contribution in [0.4, 0.5) is 11.4 Å². The molecule has 4 N–H and O–H groups in total. The molecule has 5 nitrogen and oxygen atoms in total. The predicted octanol–water partition coefficient (Wildman–Crippen LogP) is 1.87. The first-order chi connectivity index (χ1) is 8.54. The Labute approximate surface area is 106 Å². The second-order valence-electron chi connectivity index (χ2n) is 4.74. The maximum absolute atomic E-state index is 11.9. The molecule has 1 aliphatic rings. The summed E-state index contributed by atoms with van der Waals surface area (Å²) >= 11 is 0. The van der Waals surface area contributed by atoms with E-state index < -0.39 is 0 Å². The van der Waals surface area contributed by atoms with Gasteiger partial charge in [-0.1, -0.05) is 0 Å². The van der Waals surface area contributed by atoms with Crippen LogP contribution in [0.2, 0.25) is 0 Å². The van der Waals surface area contributed by atoms with Crippen LogP contribution in [0.1, 0.15) is 25.7 Å². The lowest BCUT2D eigenvalue weighted by atomic mass is 9.77. The third-order valence-corrected chi connectivity index (χ3v) is 3.49. The molecule has 1 fully saturated rings. The van der Waals surface area contributed by atoms with Crippen LogP contribution in [-0.4, -0.2) is 23.7 Å². The molecule has 0 bridgehead atoms. The van der Waals surface area contributed by atoms with Crippen LogP contribution in [0.25, 0.3) is 0 Å². The molecule has 0 saturated heterocycles. The third kappa shape index (κ3) is 2.56. The van der Waals surface area contributed by atoms with Crippen molar-refractivity contribution in [3.05, 3.63) is 18.2 Å². The van der Waals surface area contributed by atoms with Crippen molar-refractivity contribution in [2.75, 3.05) is 18.2 Å². The predicted molar refractivity (Wildman–Crippen MR) is 69.4 cm³/mol. The summed E-state index contributed by atoms with van der Waals surface area (Å²) in [4.78, 5) is 11.9. The smallest absolute Gasteiger partial charge is 0.227 e. The molecule has 1 aliphatic carbocycles. The largest absolute Gasteiger partial charge is 0.508 e. The van der Waals surface area contributed by atoms with Crippen molar-refractivity contribution in [1.82, 2.24) is 0 Å². The van der Waals surface area contributed by atoms with Gasteiger partial charge in [0.1, 0.15) is 5.75 Å². The van der Waals surface area contributed by atoms with Gasteiger partial charge in [0.05, 0.1) is 23.4 Å². The minimum Gasteiger partial charge on any atom is -0.508 e. The number of aromatic hydroxyl groups is 1. The SMILES string of the molecule is COC1(CC(=O)Nc2ccc(O)cc2N)CCC1. The standard InChI is InChI=1S/C13H18N2O3/c1-18-13(5-2-6-13)8-12(17)15-11-4-3-9(16)7-10(11)14/h3-4,7,16H,2,5-6,8,14H2,1H3,(H,15,17). The van der Waals surface area contributed by atoms with Gasteiger partial charge in [-0.2, -0.15) is 0 Å². The summed E-state index contributed by atoms with van der Waals surface area (Å²) in [7, 11) is 1.64. The van der Waals surface area contributed by atoms with E-state index in [0.717, 1.165) is 19.3 Å². The van der Waals surface area contributed by atoms with Gasteiger partial charge in [-0.15, -0.1) is 0 Å². The number of nitrogens with two attached hydrogens (primary N) is 1. The first kappa shape index (κ1) is 12.7. The highest BCUT2D eigenvalue weighted by Gasteiger charge is 2.39. The lowest BCUT2D eigenvalue weighted by Gasteiger charge is -2.39. The monoisotopic (exact) mass is 250 g/mol. The zero-order valence-electron chi connectivity index (χ0n) is 10.4. The molecule has 0 radical (unpaired) electrons. The molecule has 1 aromatic carbocycles. The number of hydrogen-bond donors (Lipinski definition) is 3. The molecule has 0 aliphatic heterocycles. The van der Waals surface area contributed by atoms with E-state index in [-0.39, 0.29) is 17.3 Å². The van der Waals surface area contributed by atoms with Crippen molar-refractivity contribution < 1.29 is 14.6 Å². The van der Waals surface area contributed by atoms with E-state index >= 15 is 0 Å². The van der Waals surface area contributed by atoms with Crippen molar-refractivity contribution in [1.29, 1.82) is 0 Å². The molecule has 2 rings (SSSR count). The number of nitrogens with one attached hydrogen (secondary N) is 1. The first-order valence-corrected chi connectivity index (χ1v) is 5.98. The van der Waals surface area contributed by atoms with Crippen molar-refractivity contribution in [2.45, 2.75) is 31.3 Å². The van der Waals surface area contributed by atoms with E-state index in [4.69, 9.17) is 10.5 Å². The van der Waals surface area contributed by atoms with Crippen molar-refractivity contribution in [2.24, 2.45) is 0 Å². The fraction of sp³-hybridized carbons (Fsp3) is 0.462. The Morgan fingerprint density at radius 1 is 1.56 bits per heavy atom. The van der Waals surface area contributed by atoms with E-state index in [9.17, 15) is 9.90 Å². The Hall–Kier alpha value is -1.75. The molecule has 0 heterocycles. The molecule has 0 spiro atoms. The Bertz CT molecular complexity index is 450. The minimum atomic E-state index is -0.296. The summed E-state index contributed by atoms with van der Waals surface area (Å²) in [6, 6.07) is 4.48. The zero-order valence-corrected chi connectivity index (χ0v) is 10.4. The van der Waals surface area contributed by atoms with E-state index in [1.807, 2.05) is 0 Å². The van der Waals surface area contributed by atoms with Gasteiger partial charge < -0.3 is 20.9 Å².